The lowest BCUT2D eigenvalue weighted by atomic mass is 10.2. The number of nitrogens with zero attached hydrogens (tertiary/aromatic N) is 6. The number of unbranched alkanes of at least 4 members (excludes halogenated alkanes) is 1. The molecule has 0 unspecified atom stereocenters. The second-order valence-corrected chi connectivity index (χ2v) is 9.05. The van der Waals surface area contributed by atoms with Gasteiger partial charge in [-0.05, 0) is 70.9 Å². The van der Waals surface area contributed by atoms with E-state index in [4.69, 9.17) is 5.73 Å². The maximum atomic E-state index is 13.1. The second-order valence-electron chi connectivity index (χ2n) is 9.05. The predicted octanol–water partition coefficient (Wildman–Crippen LogP) is 2.65. The molecule has 0 atom stereocenters. The van der Waals surface area contributed by atoms with Crippen molar-refractivity contribution in [3.63, 3.8) is 0 Å². The molecule has 4 rings (SSSR count). The number of fused-ring (bicyclic) bond motifs is 1. The number of carbonyl (C=O) groups excluding carboxylic acids is 3. The lowest BCUT2D eigenvalue weighted by Gasteiger charge is -2.11. The number of aromatic nitrogens is 6. The first-order chi connectivity index (χ1) is 18.2. The standard InChI is InChI=1S/C26H33N9O3/c1-5-34-21(13-16(3)31-34)24(37)28-11-7-8-12-33-20-10-9-18(23(27)36)15-19(20)29-26(33)30-25(38)22-14-17(4)32-35(22)6-2/h9-10,13-15H,5-8,11-12H2,1-4H3,(H2,27,36)(H,28,37)(H,29,30,38). The summed E-state index contributed by atoms with van der Waals surface area (Å²) in [5.41, 5.74) is 9.62. The van der Waals surface area contributed by atoms with Crippen molar-refractivity contribution in [3.05, 3.63) is 58.7 Å². The molecule has 12 nitrogen and oxygen atoms in total. The highest BCUT2D eigenvalue weighted by Gasteiger charge is 2.19. The van der Waals surface area contributed by atoms with Crippen LogP contribution in [-0.2, 0) is 19.6 Å². The average molecular weight is 520 g/mol. The van der Waals surface area contributed by atoms with Crippen molar-refractivity contribution in [1.82, 2.24) is 34.4 Å². The molecule has 0 aliphatic heterocycles. The first kappa shape index (κ1) is 26.6. The van der Waals surface area contributed by atoms with Crippen LogP contribution in [0, 0.1) is 13.8 Å². The average Bonchev–Trinajstić information content (AvgIpc) is 3.57. The smallest absolute Gasteiger partial charge is 0.276 e. The number of benzene rings is 1. The van der Waals surface area contributed by atoms with Gasteiger partial charge in [-0.2, -0.15) is 10.2 Å². The molecule has 0 spiro atoms. The van der Waals surface area contributed by atoms with Crippen LogP contribution >= 0.6 is 0 Å². The van der Waals surface area contributed by atoms with Crippen molar-refractivity contribution < 1.29 is 14.4 Å². The second kappa shape index (κ2) is 11.3. The Hall–Kier alpha value is -4.48. The molecule has 0 fully saturated rings. The van der Waals surface area contributed by atoms with E-state index >= 15 is 0 Å². The van der Waals surface area contributed by atoms with E-state index in [9.17, 15) is 14.4 Å². The van der Waals surface area contributed by atoms with Gasteiger partial charge in [-0.15, -0.1) is 0 Å². The Labute approximate surface area is 220 Å². The van der Waals surface area contributed by atoms with Crippen LogP contribution in [0.1, 0.15) is 69.4 Å². The molecule has 4 N–H and O–H groups in total. The third-order valence-electron chi connectivity index (χ3n) is 6.22. The van der Waals surface area contributed by atoms with Crippen molar-refractivity contribution in [1.29, 1.82) is 0 Å². The summed E-state index contributed by atoms with van der Waals surface area (Å²) in [6.07, 6.45) is 1.42. The molecule has 3 aromatic heterocycles. The molecule has 1 aromatic carbocycles. The Morgan fingerprint density at radius 3 is 2.13 bits per heavy atom. The number of rotatable bonds is 11. The van der Waals surface area contributed by atoms with E-state index < -0.39 is 5.91 Å². The summed E-state index contributed by atoms with van der Waals surface area (Å²) >= 11 is 0. The summed E-state index contributed by atoms with van der Waals surface area (Å²) in [7, 11) is 0. The van der Waals surface area contributed by atoms with Gasteiger partial charge in [-0.3, -0.25) is 29.1 Å². The van der Waals surface area contributed by atoms with Gasteiger partial charge in [-0.1, -0.05) is 0 Å². The van der Waals surface area contributed by atoms with Crippen molar-refractivity contribution in [3.8, 4) is 0 Å². The lowest BCUT2D eigenvalue weighted by molar-refractivity contribution is 0.0940. The molecule has 3 heterocycles. The summed E-state index contributed by atoms with van der Waals surface area (Å²) in [6, 6.07) is 8.53. The summed E-state index contributed by atoms with van der Waals surface area (Å²) in [6.45, 7) is 9.75. The highest BCUT2D eigenvalue weighted by atomic mass is 16.2. The van der Waals surface area contributed by atoms with E-state index in [1.54, 1.807) is 39.7 Å². The molecular formula is C26H33N9O3. The Kier molecular flexibility index (Phi) is 7.89. The van der Waals surface area contributed by atoms with E-state index in [0.717, 1.165) is 16.9 Å². The minimum atomic E-state index is -0.551. The molecule has 200 valence electrons. The number of hydrogen-bond donors (Lipinski definition) is 3. The first-order valence-corrected chi connectivity index (χ1v) is 12.7. The fraction of sp³-hybridized carbons (Fsp3) is 0.385. The predicted molar refractivity (Wildman–Crippen MR) is 143 cm³/mol. The molecule has 3 amide bonds. The van der Waals surface area contributed by atoms with E-state index in [1.165, 1.54) is 0 Å². The molecule has 0 saturated carbocycles. The summed E-state index contributed by atoms with van der Waals surface area (Å²) in [5.74, 6) is -0.672. The van der Waals surface area contributed by atoms with Crippen LogP contribution in [0.3, 0.4) is 0 Å². The number of nitrogens with two attached hydrogens (primary N) is 1. The zero-order valence-corrected chi connectivity index (χ0v) is 22.1. The Balaban J connectivity index is 1.48. The van der Waals surface area contributed by atoms with Crippen LogP contribution in [-0.4, -0.2) is 53.4 Å². The number of amides is 3. The van der Waals surface area contributed by atoms with Crippen LogP contribution in [0.2, 0.25) is 0 Å². The Morgan fingerprint density at radius 1 is 0.895 bits per heavy atom. The number of aryl methyl sites for hydroxylation is 5. The quantitative estimate of drug-likeness (QED) is 0.259. The van der Waals surface area contributed by atoms with Crippen LogP contribution in [0.15, 0.2) is 30.3 Å². The van der Waals surface area contributed by atoms with Gasteiger partial charge >= 0.3 is 0 Å². The zero-order valence-electron chi connectivity index (χ0n) is 22.1. The van der Waals surface area contributed by atoms with Crippen LogP contribution in [0.5, 0.6) is 0 Å². The Morgan fingerprint density at radius 2 is 1.53 bits per heavy atom. The fourth-order valence-electron chi connectivity index (χ4n) is 4.40. The largest absolute Gasteiger partial charge is 0.366 e. The van der Waals surface area contributed by atoms with Crippen molar-refractivity contribution in [2.75, 3.05) is 11.9 Å². The number of imidazole rings is 1. The lowest BCUT2D eigenvalue weighted by Crippen LogP contribution is -2.27. The molecule has 0 saturated heterocycles. The topological polar surface area (TPSA) is 155 Å². The van der Waals surface area contributed by atoms with Gasteiger partial charge < -0.3 is 15.6 Å². The number of carbonyl (C=O) groups is 3. The first-order valence-electron chi connectivity index (χ1n) is 12.7. The zero-order chi connectivity index (χ0) is 27.4. The third kappa shape index (κ3) is 5.58. The van der Waals surface area contributed by atoms with Crippen LogP contribution < -0.4 is 16.4 Å². The van der Waals surface area contributed by atoms with Gasteiger partial charge in [0, 0.05) is 31.7 Å². The molecule has 0 bridgehead atoms. The third-order valence-corrected chi connectivity index (χ3v) is 6.22. The van der Waals surface area contributed by atoms with Crippen LogP contribution in [0.4, 0.5) is 5.95 Å². The molecule has 0 aliphatic rings. The van der Waals surface area contributed by atoms with Gasteiger partial charge in [0.1, 0.15) is 11.4 Å². The molecule has 12 heteroatoms. The number of hydrogen-bond acceptors (Lipinski definition) is 6. The van der Waals surface area contributed by atoms with Crippen molar-refractivity contribution in [2.45, 2.75) is 60.2 Å². The molecule has 38 heavy (non-hydrogen) atoms. The van der Waals surface area contributed by atoms with Crippen LogP contribution in [0.25, 0.3) is 11.0 Å². The number of primary amides is 1. The van der Waals surface area contributed by atoms with Gasteiger partial charge in [0.15, 0.2) is 0 Å². The summed E-state index contributed by atoms with van der Waals surface area (Å²) in [4.78, 5) is 41.9. The highest BCUT2D eigenvalue weighted by Crippen LogP contribution is 2.23. The fourth-order valence-corrected chi connectivity index (χ4v) is 4.40. The van der Waals surface area contributed by atoms with Crippen molar-refractivity contribution >= 4 is 34.7 Å². The van der Waals surface area contributed by atoms with Gasteiger partial charge in [0.05, 0.1) is 22.4 Å². The molecule has 0 radical (unpaired) electrons. The molecule has 4 aromatic rings. The highest BCUT2D eigenvalue weighted by molar-refractivity contribution is 6.03. The molecule has 0 aliphatic carbocycles. The van der Waals surface area contributed by atoms with Crippen molar-refractivity contribution in [2.24, 2.45) is 5.73 Å². The summed E-state index contributed by atoms with van der Waals surface area (Å²) in [5, 5.41) is 14.5. The number of nitrogens with one attached hydrogen (secondary N) is 2. The maximum absolute atomic E-state index is 13.1. The van der Waals surface area contributed by atoms with E-state index in [-0.39, 0.29) is 11.8 Å². The van der Waals surface area contributed by atoms with E-state index in [2.05, 4.69) is 25.8 Å². The minimum absolute atomic E-state index is 0.157. The van der Waals surface area contributed by atoms with Gasteiger partial charge in [-0.25, -0.2) is 4.98 Å². The normalized spacial score (nSPS) is 11.2. The molecular weight excluding hydrogens is 486 g/mol. The maximum Gasteiger partial charge on any atom is 0.276 e. The monoisotopic (exact) mass is 519 g/mol. The minimum Gasteiger partial charge on any atom is -0.366 e. The van der Waals surface area contributed by atoms with Gasteiger partial charge in [0.2, 0.25) is 11.9 Å². The van der Waals surface area contributed by atoms with Gasteiger partial charge in [0.25, 0.3) is 11.8 Å². The Bertz CT molecular complexity index is 1500. The SMILES string of the molecule is CCn1nc(C)cc1C(=O)NCCCCn1c(NC(=O)c2cc(C)nn2CC)nc2cc(C(N)=O)ccc21. The van der Waals surface area contributed by atoms with E-state index in [1.807, 2.05) is 32.3 Å². The summed E-state index contributed by atoms with van der Waals surface area (Å²) < 4.78 is 5.22. The van der Waals surface area contributed by atoms with E-state index in [0.29, 0.717) is 67.4 Å². The number of anilines is 1.